The highest BCUT2D eigenvalue weighted by molar-refractivity contribution is 6.05. The van der Waals surface area contributed by atoms with Gasteiger partial charge in [0, 0.05) is 31.7 Å². The van der Waals surface area contributed by atoms with Crippen molar-refractivity contribution >= 4 is 29.1 Å². The van der Waals surface area contributed by atoms with Gasteiger partial charge < -0.3 is 24.2 Å². The highest BCUT2D eigenvalue weighted by Gasteiger charge is 2.42. The molecule has 35 heavy (non-hydrogen) atoms. The normalized spacial score (nSPS) is 23.7. The number of aryl methyl sites for hydroxylation is 2. The molecule has 182 valence electrons. The Bertz CT molecular complexity index is 1180. The minimum atomic E-state index is -0.781. The monoisotopic (exact) mass is 475 g/mol. The van der Waals surface area contributed by atoms with Crippen molar-refractivity contribution in [3.63, 3.8) is 0 Å². The van der Waals surface area contributed by atoms with E-state index >= 15 is 0 Å². The molecule has 0 radical (unpaired) electrons. The predicted octanol–water partition coefficient (Wildman–Crippen LogP) is 2.18. The van der Waals surface area contributed by atoms with Crippen LogP contribution in [0.3, 0.4) is 0 Å². The van der Waals surface area contributed by atoms with Gasteiger partial charge in [-0.1, -0.05) is 18.2 Å². The van der Waals surface area contributed by atoms with Crippen LogP contribution in [0.1, 0.15) is 24.0 Å². The molecule has 0 spiro atoms. The first-order valence-electron chi connectivity index (χ1n) is 12.4. The van der Waals surface area contributed by atoms with Crippen molar-refractivity contribution in [2.24, 2.45) is 5.92 Å². The summed E-state index contributed by atoms with van der Waals surface area (Å²) in [5.41, 5.74) is 4.17. The summed E-state index contributed by atoms with van der Waals surface area (Å²) < 4.78 is 11.4. The molecule has 2 atom stereocenters. The Kier molecular flexibility index (Phi) is 5.68. The summed E-state index contributed by atoms with van der Waals surface area (Å²) in [5.74, 6) is -0.274. The van der Waals surface area contributed by atoms with E-state index in [9.17, 15) is 14.4 Å². The number of hydrogen-bond acceptors (Lipinski definition) is 5. The van der Waals surface area contributed by atoms with Crippen LogP contribution in [0.2, 0.25) is 0 Å². The van der Waals surface area contributed by atoms with Gasteiger partial charge in [0.2, 0.25) is 11.8 Å². The fraction of sp³-hybridized carbons (Fsp3) is 0.444. The number of rotatable bonds is 3. The molecule has 0 saturated carbocycles. The van der Waals surface area contributed by atoms with Gasteiger partial charge in [0.1, 0.15) is 5.75 Å². The van der Waals surface area contributed by atoms with Crippen LogP contribution in [0.5, 0.6) is 5.75 Å². The second-order valence-corrected chi connectivity index (χ2v) is 9.67. The molecule has 3 aliphatic heterocycles. The van der Waals surface area contributed by atoms with Crippen LogP contribution in [0.4, 0.5) is 11.4 Å². The van der Waals surface area contributed by atoms with Gasteiger partial charge in [0.15, 0.2) is 6.10 Å². The van der Waals surface area contributed by atoms with E-state index in [0.717, 1.165) is 24.9 Å². The number of nitrogens with zero attached hydrogens (tertiary/aromatic N) is 3. The average Bonchev–Trinajstić information content (AvgIpc) is 3.53. The molecule has 2 unspecified atom stereocenters. The van der Waals surface area contributed by atoms with Crippen molar-refractivity contribution in [3.8, 4) is 5.75 Å². The second-order valence-electron chi connectivity index (χ2n) is 9.67. The first-order valence-corrected chi connectivity index (χ1v) is 12.4. The predicted molar refractivity (Wildman–Crippen MR) is 130 cm³/mol. The Morgan fingerprint density at radius 2 is 1.71 bits per heavy atom. The summed E-state index contributed by atoms with van der Waals surface area (Å²) in [7, 11) is 0. The van der Waals surface area contributed by atoms with Crippen molar-refractivity contribution in [2.45, 2.75) is 31.8 Å². The van der Waals surface area contributed by atoms with Gasteiger partial charge in [-0.05, 0) is 54.7 Å². The Hall–Kier alpha value is -3.39. The van der Waals surface area contributed by atoms with Crippen molar-refractivity contribution in [3.05, 3.63) is 53.6 Å². The Morgan fingerprint density at radius 1 is 0.914 bits per heavy atom. The van der Waals surface area contributed by atoms with Gasteiger partial charge in [-0.3, -0.25) is 14.4 Å². The van der Waals surface area contributed by atoms with Crippen LogP contribution in [0.25, 0.3) is 0 Å². The number of fused-ring (bicyclic) bond motifs is 2. The van der Waals surface area contributed by atoms with Gasteiger partial charge in [0.05, 0.1) is 31.4 Å². The molecule has 1 aliphatic carbocycles. The maximum absolute atomic E-state index is 13.8. The van der Waals surface area contributed by atoms with Crippen LogP contribution in [-0.4, -0.2) is 68.1 Å². The summed E-state index contributed by atoms with van der Waals surface area (Å²) in [5, 5.41) is 0. The summed E-state index contributed by atoms with van der Waals surface area (Å²) in [6.07, 6.45) is 2.66. The van der Waals surface area contributed by atoms with E-state index in [0.29, 0.717) is 44.3 Å². The minimum absolute atomic E-state index is 0.0382. The zero-order valence-corrected chi connectivity index (χ0v) is 19.7. The van der Waals surface area contributed by atoms with Gasteiger partial charge in [-0.25, -0.2) is 0 Å². The molecular weight excluding hydrogens is 446 g/mol. The molecule has 8 nitrogen and oxygen atoms in total. The topological polar surface area (TPSA) is 79.4 Å². The number of ether oxygens (including phenoxy) is 2. The zero-order chi connectivity index (χ0) is 23.9. The number of morpholine rings is 1. The van der Waals surface area contributed by atoms with E-state index in [2.05, 4.69) is 12.1 Å². The second kappa shape index (κ2) is 9.00. The van der Waals surface area contributed by atoms with E-state index in [1.807, 2.05) is 24.3 Å². The maximum atomic E-state index is 13.8. The smallest absolute Gasteiger partial charge is 0.265 e. The van der Waals surface area contributed by atoms with E-state index in [-0.39, 0.29) is 30.7 Å². The van der Waals surface area contributed by atoms with Crippen molar-refractivity contribution < 1.29 is 23.9 Å². The van der Waals surface area contributed by atoms with Crippen LogP contribution < -0.4 is 14.5 Å². The average molecular weight is 476 g/mol. The fourth-order valence-corrected chi connectivity index (χ4v) is 5.63. The highest BCUT2D eigenvalue weighted by Crippen LogP contribution is 2.37. The van der Waals surface area contributed by atoms with Crippen molar-refractivity contribution in [2.75, 3.05) is 49.2 Å². The standard InChI is InChI=1S/C27H29N3O5/c31-25-15-20(16-29(25)21-9-8-18-4-3-5-19(18)14-21)26(32)30-17-24(27(33)28-10-12-34-13-11-28)35-23-7-2-1-6-22(23)30/h1-2,6-9,14,20,24H,3-5,10-13,15-17H2. The van der Waals surface area contributed by atoms with E-state index < -0.39 is 12.0 Å². The van der Waals surface area contributed by atoms with Gasteiger partial charge in [-0.15, -0.1) is 0 Å². The Morgan fingerprint density at radius 3 is 2.57 bits per heavy atom. The molecule has 0 bridgehead atoms. The molecule has 3 heterocycles. The molecule has 2 aromatic carbocycles. The van der Waals surface area contributed by atoms with Crippen LogP contribution in [0, 0.1) is 5.92 Å². The number of anilines is 2. The van der Waals surface area contributed by atoms with Gasteiger partial charge in [-0.2, -0.15) is 0 Å². The number of carbonyl (C=O) groups is 3. The lowest BCUT2D eigenvalue weighted by Crippen LogP contribution is -2.54. The highest BCUT2D eigenvalue weighted by atomic mass is 16.5. The third kappa shape index (κ3) is 4.05. The molecule has 2 fully saturated rings. The summed E-state index contributed by atoms with van der Waals surface area (Å²) in [4.78, 5) is 45.0. The first kappa shape index (κ1) is 22.1. The Labute approximate surface area is 204 Å². The molecule has 6 rings (SSSR count). The third-order valence-corrected chi connectivity index (χ3v) is 7.51. The van der Waals surface area contributed by atoms with Gasteiger partial charge in [0.25, 0.3) is 5.91 Å². The summed E-state index contributed by atoms with van der Waals surface area (Å²) >= 11 is 0. The fourth-order valence-electron chi connectivity index (χ4n) is 5.63. The lowest BCUT2D eigenvalue weighted by atomic mass is 10.0. The van der Waals surface area contributed by atoms with E-state index in [1.165, 1.54) is 11.1 Å². The zero-order valence-electron chi connectivity index (χ0n) is 19.7. The molecule has 0 N–H and O–H groups in total. The van der Waals surface area contributed by atoms with Gasteiger partial charge >= 0.3 is 0 Å². The van der Waals surface area contributed by atoms with Crippen LogP contribution in [-0.2, 0) is 32.0 Å². The van der Waals surface area contributed by atoms with E-state index in [4.69, 9.17) is 9.47 Å². The van der Waals surface area contributed by atoms with E-state index in [1.54, 1.807) is 20.8 Å². The van der Waals surface area contributed by atoms with Crippen molar-refractivity contribution in [1.82, 2.24) is 4.90 Å². The molecular formula is C27H29N3O5. The summed E-state index contributed by atoms with van der Waals surface area (Å²) in [6, 6.07) is 13.5. The first-order chi connectivity index (χ1) is 17.1. The Balaban J connectivity index is 1.22. The molecule has 2 aromatic rings. The maximum Gasteiger partial charge on any atom is 0.265 e. The molecule has 4 aliphatic rings. The van der Waals surface area contributed by atoms with Crippen LogP contribution in [0.15, 0.2) is 42.5 Å². The number of benzene rings is 2. The quantitative estimate of drug-likeness (QED) is 0.680. The molecule has 3 amide bonds. The number of amides is 3. The van der Waals surface area contributed by atoms with Crippen LogP contribution >= 0.6 is 0 Å². The number of carbonyl (C=O) groups excluding carboxylic acids is 3. The number of hydrogen-bond donors (Lipinski definition) is 0. The lowest BCUT2D eigenvalue weighted by Gasteiger charge is -2.38. The number of para-hydroxylation sites is 2. The molecule has 0 aromatic heterocycles. The SMILES string of the molecule is O=C(C1CN(C(=O)C2CC(=O)N(c3ccc4c(c3)CCC4)C2)c2ccccc2O1)N1CCOCC1. The molecule has 2 saturated heterocycles. The lowest BCUT2D eigenvalue weighted by molar-refractivity contribution is -0.143. The summed E-state index contributed by atoms with van der Waals surface area (Å²) in [6.45, 7) is 2.51. The largest absolute Gasteiger partial charge is 0.476 e. The molecule has 8 heteroatoms. The van der Waals surface area contributed by atoms with Crippen molar-refractivity contribution in [1.29, 1.82) is 0 Å². The third-order valence-electron chi connectivity index (χ3n) is 7.51. The minimum Gasteiger partial charge on any atom is -0.476 e.